The molecule has 128 valence electrons. The van der Waals surface area contributed by atoms with Gasteiger partial charge >= 0.3 is 0 Å². The van der Waals surface area contributed by atoms with Crippen LogP contribution in [0.1, 0.15) is 11.3 Å². The van der Waals surface area contributed by atoms with Gasteiger partial charge in [-0.1, -0.05) is 29.8 Å². The number of nitrogens with one attached hydrogen (secondary N) is 1. The molecule has 3 aromatic rings. The van der Waals surface area contributed by atoms with E-state index in [0.717, 1.165) is 17.3 Å². The number of nitrogens with zero attached hydrogens (tertiary/aromatic N) is 1. The minimum Gasteiger partial charge on any atom is -0.484 e. The molecule has 6 heteroatoms. The highest BCUT2D eigenvalue weighted by atomic mass is 35.5. The maximum absolute atomic E-state index is 13.2. The molecular weight excluding hydrogens is 343 g/mol. The van der Waals surface area contributed by atoms with E-state index in [0.29, 0.717) is 18.8 Å². The predicted octanol–water partition coefficient (Wildman–Crippen LogP) is 3.92. The second kappa shape index (κ2) is 6.41. The molecule has 2 aromatic carbocycles. The summed E-state index contributed by atoms with van der Waals surface area (Å²) in [6, 6.07) is 12.2. The van der Waals surface area contributed by atoms with E-state index in [4.69, 9.17) is 16.3 Å². The number of aromatic amines is 1. The number of H-pyrrole nitrogens is 1. The SMILES string of the molecule is O=C(COc1ccc(F)c(Cl)c1)N1CCc2[nH]c3ccccc3c2C1. The number of ether oxygens (including phenoxy) is 1. The van der Waals surface area contributed by atoms with E-state index in [1.807, 2.05) is 18.2 Å². The molecule has 0 unspecified atom stereocenters. The lowest BCUT2D eigenvalue weighted by molar-refractivity contribution is -0.134. The molecule has 0 aliphatic carbocycles. The fourth-order valence-electron chi connectivity index (χ4n) is 3.18. The minimum absolute atomic E-state index is 0.0219. The molecule has 0 saturated heterocycles. The number of para-hydroxylation sites is 1. The Hall–Kier alpha value is -2.53. The lowest BCUT2D eigenvalue weighted by Crippen LogP contribution is -2.38. The van der Waals surface area contributed by atoms with Crippen molar-refractivity contribution in [3.05, 3.63) is 64.6 Å². The average Bonchev–Trinajstić information content (AvgIpc) is 3.00. The van der Waals surface area contributed by atoms with Crippen molar-refractivity contribution in [3.63, 3.8) is 0 Å². The molecule has 0 radical (unpaired) electrons. The highest BCUT2D eigenvalue weighted by molar-refractivity contribution is 6.30. The number of benzene rings is 2. The Balaban J connectivity index is 1.45. The van der Waals surface area contributed by atoms with Crippen molar-refractivity contribution in [2.24, 2.45) is 0 Å². The Morgan fingerprint density at radius 1 is 1.28 bits per heavy atom. The fraction of sp³-hybridized carbons (Fsp3) is 0.211. The molecular formula is C19H16ClFN2O2. The molecule has 0 saturated carbocycles. The number of carbonyl (C=O) groups is 1. The zero-order chi connectivity index (χ0) is 17.4. The zero-order valence-corrected chi connectivity index (χ0v) is 14.1. The van der Waals surface area contributed by atoms with E-state index in [1.165, 1.54) is 29.5 Å². The number of hydrogen-bond acceptors (Lipinski definition) is 2. The second-order valence-corrected chi connectivity index (χ2v) is 6.46. The van der Waals surface area contributed by atoms with Crippen molar-refractivity contribution in [3.8, 4) is 5.75 Å². The van der Waals surface area contributed by atoms with Gasteiger partial charge in [-0.3, -0.25) is 4.79 Å². The number of rotatable bonds is 3. The number of fused-ring (bicyclic) bond motifs is 3. The summed E-state index contributed by atoms with van der Waals surface area (Å²) in [5.74, 6) is -0.232. The van der Waals surface area contributed by atoms with Crippen LogP contribution in [0.25, 0.3) is 10.9 Å². The molecule has 0 bridgehead atoms. The van der Waals surface area contributed by atoms with Crippen LogP contribution in [0.3, 0.4) is 0 Å². The topological polar surface area (TPSA) is 45.3 Å². The van der Waals surface area contributed by atoms with E-state index in [-0.39, 0.29) is 17.5 Å². The Labute approximate surface area is 149 Å². The largest absolute Gasteiger partial charge is 0.484 e. The van der Waals surface area contributed by atoms with Gasteiger partial charge in [-0.15, -0.1) is 0 Å². The van der Waals surface area contributed by atoms with Crippen LogP contribution in [0, 0.1) is 5.82 Å². The molecule has 4 rings (SSSR count). The van der Waals surface area contributed by atoms with E-state index in [1.54, 1.807) is 4.90 Å². The number of hydrogen-bond donors (Lipinski definition) is 1. The summed E-state index contributed by atoms with van der Waals surface area (Å²) >= 11 is 5.72. The maximum atomic E-state index is 13.2. The van der Waals surface area contributed by atoms with Crippen molar-refractivity contribution in [1.29, 1.82) is 0 Å². The quantitative estimate of drug-likeness (QED) is 0.771. The van der Waals surface area contributed by atoms with Crippen molar-refractivity contribution >= 4 is 28.4 Å². The summed E-state index contributed by atoms with van der Waals surface area (Å²) in [6.45, 7) is 1.11. The van der Waals surface area contributed by atoms with Crippen LogP contribution in [0.5, 0.6) is 5.75 Å². The third-order valence-corrected chi connectivity index (χ3v) is 4.78. The smallest absolute Gasteiger partial charge is 0.260 e. The van der Waals surface area contributed by atoms with Gasteiger partial charge in [0.15, 0.2) is 6.61 Å². The zero-order valence-electron chi connectivity index (χ0n) is 13.4. The lowest BCUT2D eigenvalue weighted by atomic mass is 10.0. The number of amides is 1. The summed E-state index contributed by atoms with van der Waals surface area (Å²) in [4.78, 5) is 17.7. The summed E-state index contributed by atoms with van der Waals surface area (Å²) in [7, 11) is 0. The molecule has 0 atom stereocenters. The van der Waals surface area contributed by atoms with Gasteiger partial charge in [0.1, 0.15) is 11.6 Å². The first-order valence-electron chi connectivity index (χ1n) is 8.06. The van der Waals surface area contributed by atoms with Gasteiger partial charge in [-0.25, -0.2) is 4.39 Å². The fourth-order valence-corrected chi connectivity index (χ4v) is 3.35. The van der Waals surface area contributed by atoms with Crippen molar-refractivity contribution in [2.75, 3.05) is 13.2 Å². The van der Waals surface area contributed by atoms with Crippen LogP contribution < -0.4 is 4.74 Å². The second-order valence-electron chi connectivity index (χ2n) is 6.06. The summed E-state index contributed by atoms with van der Waals surface area (Å²) < 4.78 is 18.6. The Morgan fingerprint density at radius 3 is 2.96 bits per heavy atom. The Bertz CT molecular complexity index is 954. The van der Waals surface area contributed by atoms with Crippen molar-refractivity contribution in [2.45, 2.75) is 13.0 Å². The Morgan fingerprint density at radius 2 is 2.12 bits per heavy atom. The van der Waals surface area contributed by atoms with E-state index < -0.39 is 5.82 Å². The molecule has 0 spiro atoms. The van der Waals surface area contributed by atoms with Crippen LogP contribution in [0.15, 0.2) is 42.5 Å². The molecule has 1 aromatic heterocycles. The van der Waals surface area contributed by atoms with E-state index in [2.05, 4.69) is 11.1 Å². The van der Waals surface area contributed by atoms with E-state index >= 15 is 0 Å². The third-order valence-electron chi connectivity index (χ3n) is 4.49. The summed E-state index contributed by atoms with van der Waals surface area (Å²) in [5, 5.41) is 1.13. The normalized spacial score (nSPS) is 13.8. The van der Waals surface area contributed by atoms with Crippen molar-refractivity contribution in [1.82, 2.24) is 9.88 Å². The van der Waals surface area contributed by atoms with Crippen LogP contribution >= 0.6 is 11.6 Å². The van der Waals surface area contributed by atoms with E-state index in [9.17, 15) is 9.18 Å². The molecule has 0 fully saturated rings. The van der Waals surface area contributed by atoms with Gasteiger partial charge in [-0.2, -0.15) is 0 Å². The number of carbonyl (C=O) groups excluding carboxylic acids is 1. The molecule has 2 heterocycles. The molecule has 4 nitrogen and oxygen atoms in total. The monoisotopic (exact) mass is 358 g/mol. The van der Waals surface area contributed by atoms with Crippen LogP contribution in [0.4, 0.5) is 4.39 Å². The van der Waals surface area contributed by atoms with Gasteiger partial charge in [0.25, 0.3) is 5.91 Å². The van der Waals surface area contributed by atoms with Gasteiger partial charge in [0, 0.05) is 47.7 Å². The van der Waals surface area contributed by atoms with Gasteiger partial charge < -0.3 is 14.6 Å². The van der Waals surface area contributed by atoms with Crippen LogP contribution in [-0.2, 0) is 17.8 Å². The predicted molar refractivity (Wildman–Crippen MR) is 94.3 cm³/mol. The van der Waals surface area contributed by atoms with Crippen LogP contribution in [0.2, 0.25) is 5.02 Å². The number of halogens is 2. The molecule has 1 aliphatic rings. The molecule has 25 heavy (non-hydrogen) atoms. The van der Waals surface area contributed by atoms with Gasteiger partial charge in [0.05, 0.1) is 5.02 Å². The standard InChI is InChI=1S/C19H16ClFN2O2/c20-15-9-12(5-6-16(15)21)25-11-19(24)23-8-7-18-14(10-23)13-3-1-2-4-17(13)22-18/h1-6,9,22H,7-8,10-11H2. The van der Waals surface area contributed by atoms with Gasteiger partial charge in [0.2, 0.25) is 0 Å². The first-order chi connectivity index (χ1) is 12.1. The Kier molecular flexibility index (Phi) is 4.09. The highest BCUT2D eigenvalue weighted by Gasteiger charge is 2.24. The third kappa shape index (κ3) is 3.07. The summed E-state index contributed by atoms with van der Waals surface area (Å²) in [5.41, 5.74) is 3.45. The number of aromatic nitrogens is 1. The molecule has 1 N–H and O–H groups in total. The first-order valence-corrected chi connectivity index (χ1v) is 8.43. The first kappa shape index (κ1) is 16.0. The lowest BCUT2D eigenvalue weighted by Gasteiger charge is -2.27. The molecule has 1 aliphatic heterocycles. The maximum Gasteiger partial charge on any atom is 0.260 e. The minimum atomic E-state index is -0.511. The van der Waals surface area contributed by atoms with Crippen LogP contribution in [-0.4, -0.2) is 28.9 Å². The van der Waals surface area contributed by atoms with Crippen molar-refractivity contribution < 1.29 is 13.9 Å². The molecule has 1 amide bonds. The average molecular weight is 359 g/mol. The summed E-state index contributed by atoms with van der Waals surface area (Å²) in [6.07, 6.45) is 0.790. The highest BCUT2D eigenvalue weighted by Crippen LogP contribution is 2.27. The van der Waals surface area contributed by atoms with Gasteiger partial charge in [-0.05, 0) is 18.2 Å².